The maximum atomic E-state index is 11.5. The molecule has 16 heavy (non-hydrogen) atoms. The maximum Gasteiger partial charge on any atom is 0.322 e. The first-order valence-corrected chi connectivity index (χ1v) is 5.34. The van der Waals surface area contributed by atoms with Gasteiger partial charge in [0.2, 0.25) is 0 Å². The number of ether oxygens (including phenoxy) is 1. The second kappa shape index (κ2) is 6.28. The molecule has 0 N–H and O–H groups in total. The summed E-state index contributed by atoms with van der Waals surface area (Å²) in [6.07, 6.45) is 0. The van der Waals surface area contributed by atoms with E-state index in [4.69, 9.17) is 6.11 Å². The summed E-state index contributed by atoms with van der Waals surface area (Å²) in [5.74, 6) is -0.255. The molecular formula is C13H19NO2. The molecule has 0 saturated heterocycles. The van der Waals surface area contributed by atoms with Crippen molar-refractivity contribution in [2.75, 3.05) is 13.7 Å². The van der Waals surface area contributed by atoms with Crippen LogP contribution in [0.4, 0.5) is 0 Å². The molecular weight excluding hydrogens is 202 g/mol. The molecule has 0 saturated carbocycles. The van der Waals surface area contributed by atoms with Gasteiger partial charge in [0.05, 0.1) is 7.11 Å². The van der Waals surface area contributed by atoms with E-state index in [1.54, 1.807) is 0 Å². The van der Waals surface area contributed by atoms with Gasteiger partial charge in [0.1, 0.15) is 6.04 Å². The van der Waals surface area contributed by atoms with Crippen LogP contribution in [0, 0.1) is 0 Å². The molecule has 0 aliphatic carbocycles. The molecule has 0 heterocycles. The predicted octanol–water partition coefficient (Wildman–Crippen LogP) is 2.07. The van der Waals surface area contributed by atoms with Gasteiger partial charge in [0, 0.05) is 7.92 Å². The van der Waals surface area contributed by atoms with Gasteiger partial charge in [-0.1, -0.05) is 37.2 Å². The summed E-state index contributed by atoms with van der Waals surface area (Å²) in [4.78, 5) is 13.4. The second-order valence-corrected chi connectivity index (χ2v) is 3.66. The maximum absolute atomic E-state index is 11.5. The predicted molar refractivity (Wildman–Crippen MR) is 64.0 cm³/mol. The van der Waals surface area contributed by atoms with Crippen molar-refractivity contribution in [1.82, 2.24) is 4.90 Å². The highest BCUT2D eigenvalue weighted by Gasteiger charge is 2.20. The Balaban J connectivity index is 2.69. The Hall–Kier alpha value is -1.35. The fraction of sp³-hybridized carbons (Fsp3) is 0.462. The lowest BCUT2D eigenvalue weighted by molar-refractivity contribution is -0.146. The molecule has 3 nitrogen and oxygen atoms in total. The second-order valence-electron chi connectivity index (χ2n) is 3.66. The van der Waals surface area contributed by atoms with Gasteiger partial charge in [-0.15, -0.1) is 0 Å². The van der Waals surface area contributed by atoms with E-state index in [2.05, 4.69) is 0 Å². The van der Waals surface area contributed by atoms with E-state index in [1.165, 1.54) is 7.11 Å². The molecule has 88 valence electrons. The first kappa shape index (κ1) is 11.1. The minimum atomic E-state index is -0.314. The Morgan fingerprint density at radius 2 is 2.19 bits per heavy atom. The zero-order valence-electron chi connectivity index (χ0n) is 10.8. The lowest BCUT2D eigenvalue weighted by Gasteiger charge is -2.25. The summed E-state index contributed by atoms with van der Waals surface area (Å²) in [7, 11) is 1.39. The molecule has 0 aliphatic rings. The monoisotopic (exact) mass is 222 g/mol. The Morgan fingerprint density at radius 3 is 2.75 bits per heavy atom. The van der Waals surface area contributed by atoms with Gasteiger partial charge in [-0.05, 0) is 19.0 Å². The topological polar surface area (TPSA) is 29.5 Å². The average Bonchev–Trinajstić information content (AvgIpc) is 2.37. The number of carbonyl (C=O) groups is 1. The molecule has 0 aliphatic heterocycles. The van der Waals surface area contributed by atoms with Gasteiger partial charge in [-0.3, -0.25) is 9.69 Å². The summed E-state index contributed by atoms with van der Waals surface area (Å²) in [6, 6.07) is 9.61. The van der Waals surface area contributed by atoms with E-state index in [-0.39, 0.29) is 18.9 Å². The van der Waals surface area contributed by atoms with Crippen LogP contribution in [-0.2, 0) is 16.1 Å². The highest BCUT2D eigenvalue weighted by atomic mass is 16.5. The van der Waals surface area contributed by atoms with Crippen LogP contribution in [0.25, 0.3) is 0 Å². The Bertz CT molecular complexity index is 343. The largest absolute Gasteiger partial charge is 0.468 e. The molecule has 0 radical (unpaired) electrons. The molecule has 0 unspecified atom stereocenters. The number of hydrogen-bond acceptors (Lipinski definition) is 3. The number of hydrogen-bond donors (Lipinski definition) is 0. The van der Waals surface area contributed by atoms with Crippen molar-refractivity contribution in [2.45, 2.75) is 26.4 Å². The Kier molecular flexibility index (Phi) is 4.37. The smallest absolute Gasteiger partial charge is 0.322 e. The summed E-state index contributed by atoms with van der Waals surface area (Å²) in [5, 5.41) is 0. The first-order valence-electron chi connectivity index (χ1n) is 6.04. The van der Waals surface area contributed by atoms with Crippen LogP contribution < -0.4 is 0 Å². The van der Waals surface area contributed by atoms with Gasteiger partial charge >= 0.3 is 5.97 Å². The molecule has 0 amide bonds. The highest BCUT2D eigenvalue weighted by molar-refractivity contribution is 5.75. The van der Waals surface area contributed by atoms with Crippen LogP contribution in [0.3, 0.4) is 0 Å². The van der Waals surface area contributed by atoms with E-state index < -0.39 is 0 Å². The van der Waals surface area contributed by atoms with E-state index in [9.17, 15) is 4.79 Å². The van der Waals surface area contributed by atoms with Crippen molar-refractivity contribution in [3.63, 3.8) is 0 Å². The van der Waals surface area contributed by atoms with Crippen LogP contribution in [0.2, 0.25) is 0 Å². The number of nitrogens with zero attached hydrogens (tertiary/aromatic N) is 1. The number of carbonyl (C=O) groups excluding carboxylic acids is 1. The molecule has 0 aromatic heterocycles. The van der Waals surface area contributed by atoms with Crippen molar-refractivity contribution in [3.05, 3.63) is 35.9 Å². The van der Waals surface area contributed by atoms with Crippen LogP contribution in [0.5, 0.6) is 0 Å². The fourth-order valence-electron chi connectivity index (χ4n) is 1.55. The molecule has 1 aromatic carbocycles. The third kappa shape index (κ3) is 3.35. The third-order valence-electron chi connectivity index (χ3n) is 2.61. The SMILES string of the molecule is [2H]CCN(Cc1ccccc1)[C@@H](C)C(=O)OC. The summed E-state index contributed by atoms with van der Waals surface area (Å²) in [5.41, 5.74) is 1.14. The Morgan fingerprint density at radius 1 is 1.50 bits per heavy atom. The van der Waals surface area contributed by atoms with Gasteiger partial charge in [0.15, 0.2) is 0 Å². The average molecular weight is 222 g/mol. The first-order chi connectivity index (χ1) is 8.19. The fourth-order valence-corrected chi connectivity index (χ4v) is 1.55. The number of methoxy groups -OCH3 is 1. The minimum Gasteiger partial charge on any atom is -0.468 e. The quantitative estimate of drug-likeness (QED) is 0.714. The normalized spacial score (nSPS) is 13.3. The summed E-state index contributed by atoms with van der Waals surface area (Å²) < 4.78 is 12.0. The van der Waals surface area contributed by atoms with E-state index in [0.29, 0.717) is 13.1 Å². The minimum absolute atomic E-state index is 0.255. The van der Waals surface area contributed by atoms with Gasteiger partial charge < -0.3 is 4.74 Å². The summed E-state index contributed by atoms with van der Waals surface area (Å²) in [6.45, 7) is 3.31. The number of rotatable bonds is 5. The summed E-state index contributed by atoms with van der Waals surface area (Å²) >= 11 is 0. The number of benzene rings is 1. The van der Waals surface area contributed by atoms with Crippen LogP contribution in [0.1, 0.15) is 20.8 Å². The molecule has 3 heteroatoms. The van der Waals surface area contributed by atoms with E-state index in [0.717, 1.165) is 5.56 Å². The standard InChI is InChI=1S/C13H19NO2/c1-4-14(11(2)13(15)16-3)10-12-8-6-5-7-9-12/h5-9,11H,4,10H2,1-3H3/t11-/m0/s1/i1D. The van der Waals surface area contributed by atoms with Gasteiger partial charge in [-0.25, -0.2) is 0 Å². The molecule has 1 aromatic rings. The highest BCUT2D eigenvalue weighted by Crippen LogP contribution is 2.08. The Labute approximate surface area is 98.4 Å². The molecule has 1 rings (SSSR count). The zero-order valence-corrected chi connectivity index (χ0v) is 9.85. The third-order valence-corrected chi connectivity index (χ3v) is 2.61. The van der Waals surface area contributed by atoms with E-state index >= 15 is 0 Å². The molecule has 1 atom stereocenters. The van der Waals surface area contributed by atoms with Crippen molar-refractivity contribution in [2.24, 2.45) is 0 Å². The zero-order chi connectivity index (χ0) is 12.7. The lowest BCUT2D eigenvalue weighted by Crippen LogP contribution is -2.39. The molecule has 0 bridgehead atoms. The van der Waals surface area contributed by atoms with Crippen molar-refractivity contribution in [3.8, 4) is 0 Å². The van der Waals surface area contributed by atoms with Crippen molar-refractivity contribution in [1.29, 1.82) is 0 Å². The number of likely N-dealkylation sites (N-methyl/N-ethyl adjacent to an activating group) is 1. The van der Waals surface area contributed by atoms with Crippen molar-refractivity contribution < 1.29 is 10.9 Å². The molecule has 0 fully saturated rings. The molecule has 0 spiro atoms. The van der Waals surface area contributed by atoms with E-state index in [1.807, 2.05) is 42.2 Å². The van der Waals surface area contributed by atoms with Crippen LogP contribution in [-0.4, -0.2) is 30.6 Å². The van der Waals surface area contributed by atoms with Gasteiger partial charge in [-0.2, -0.15) is 0 Å². The van der Waals surface area contributed by atoms with Crippen LogP contribution >= 0.6 is 0 Å². The van der Waals surface area contributed by atoms with Crippen molar-refractivity contribution >= 4 is 5.97 Å². The number of esters is 1. The van der Waals surface area contributed by atoms with Gasteiger partial charge in [0.25, 0.3) is 0 Å². The van der Waals surface area contributed by atoms with Crippen LogP contribution in [0.15, 0.2) is 30.3 Å². The lowest BCUT2D eigenvalue weighted by atomic mass is 10.2.